The summed E-state index contributed by atoms with van der Waals surface area (Å²) in [6.45, 7) is 3.91. The number of ketones is 1. The van der Waals surface area contributed by atoms with Gasteiger partial charge in [0, 0.05) is 40.6 Å². The summed E-state index contributed by atoms with van der Waals surface area (Å²) in [5.74, 6) is 1.07. The Balaban J connectivity index is 1.59. The van der Waals surface area contributed by atoms with Gasteiger partial charge in [-0.05, 0) is 56.5 Å². The monoisotopic (exact) mass is 417 g/mol. The zero-order valence-corrected chi connectivity index (χ0v) is 17.5. The standard InChI is InChI=1S/C24H23N3O4/c1-13-5-3-8-20(25-13)27-24(29)21-14(2)26-16-6-4-7-17(28)23(16)22(21)15-9-10-18-19(11-15)31-12-30-18/h3,5,8-11,22,26H,4,6-7,12H2,1-2H3,(H,25,27,29)/t22-/m0/s1. The van der Waals surface area contributed by atoms with Crippen molar-refractivity contribution in [1.82, 2.24) is 10.3 Å². The van der Waals surface area contributed by atoms with Gasteiger partial charge >= 0.3 is 0 Å². The van der Waals surface area contributed by atoms with Gasteiger partial charge in [0.25, 0.3) is 5.91 Å². The second-order valence-corrected chi connectivity index (χ2v) is 8.00. The average molecular weight is 417 g/mol. The lowest BCUT2D eigenvalue weighted by Crippen LogP contribution is -2.35. The Morgan fingerprint density at radius 2 is 1.97 bits per heavy atom. The van der Waals surface area contributed by atoms with Gasteiger partial charge in [0.2, 0.25) is 6.79 Å². The largest absolute Gasteiger partial charge is 0.454 e. The van der Waals surface area contributed by atoms with E-state index in [9.17, 15) is 9.59 Å². The highest BCUT2D eigenvalue weighted by molar-refractivity contribution is 6.09. The number of aromatic nitrogens is 1. The van der Waals surface area contributed by atoms with E-state index in [-0.39, 0.29) is 18.5 Å². The first-order valence-electron chi connectivity index (χ1n) is 10.4. The molecule has 0 spiro atoms. The Labute approximate surface area is 180 Å². The van der Waals surface area contributed by atoms with Crippen molar-refractivity contribution in [2.45, 2.75) is 39.0 Å². The number of carbonyl (C=O) groups is 2. The Morgan fingerprint density at radius 1 is 1.13 bits per heavy atom. The lowest BCUT2D eigenvalue weighted by molar-refractivity contribution is -0.116. The van der Waals surface area contributed by atoms with Crippen LogP contribution in [0.1, 0.15) is 43.4 Å². The van der Waals surface area contributed by atoms with Gasteiger partial charge in [0.1, 0.15) is 5.82 Å². The molecule has 7 heteroatoms. The number of ether oxygens (including phenoxy) is 2. The number of aryl methyl sites for hydroxylation is 1. The fraction of sp³-hybridized carbons (Fsp3) is 0.292. The van der Waals surface area contributed by atoms with Crippen molar-refractivity contribution >= 4 is 17.5 Å². The van der Waals surface area contributed by atoms with E-state index >= 15 is 0 Å². The second-order valence-electron chi connectivity index (χ2n) is 8.00. The van der Waals surface area contributed by atoms with Crippen LogP contribution in [0.5, 0.6) is 11.5 Å². The molecule has 0 saturated heterocycles. The Morgan fingerprint density at radius 3 is 2.81 bits per heavy atom. The van der Waals surface area contributed by atoms with E-state index in [0.717, 1.165) is 35.5 Å². The summed E-state index contributed by atoms with van der Waals surface area (Å²) in [5.41, 5.74) is 4.46. The molecule has 7 nitrogen and oxygen atoms in total. The lowest BCUT2D eigenvalue weighted by Gasteiger charge is -2.34. The van der Waals surface area contributed by atoms with Crippen molar-refractivity contribution in [3.05, 3.63) is 70.2 Å². The van der Waals surface area contributed by atoms with Crippen molar-refractivity contribution in [3.63, 3.8) is 0 Å². The molecule has 0 radical (unpaired) electrons. The van der Waals surface area contributed by atoms with Crippen LogP contribution in [0.15, 0.2) is 58.9 Å². The third-order valence-electron chi connectivity index (χ3n) is 5.88. The summed E-state index contributed by atoms with van der Waals surface area (Å²) in [5, 5.41) is 6.24. The molecule has 0 saturated carbocycles. The molecular weight excluding hydrogens is 394 g/mol. The fourth-order valence-corrected chi connectivity index (χ4v) is 4.51. The topological polar surface area (TPSA) is 89.6 Å². The Bertz CT molecular complexity index is 1170. The quantitative estimate of drug-likeness (QED) is 0.791. The highest BCUT2D eigenvalue weighted by atomic mass is 16.7. The third-order valence-corrected chi connectivity index (χ3v) is 5.88. The van der Waals surface area contributed by atoms with Crippen LogP contribution in [-0.4, -0.2) is 23.5 Å². The molecule has 0 fully saturated rings. The Kier molecular flexibility index (Phi) is 4.73. The lowest BCUT2D eigenvalue weighted by atomic mass is 9.75. The van der Waals surface area contributed by atoms with Crippen LogP contribution < -0.4 is 20.1 Å². The normalized spacial score (nSPS) is 19.8. The zero-order valence-electron chi connectivity index (χ0n) is 17.5. The van der Waals surface area contributed by atoms with Crippen LogP contribution in [0.4, 0.5) is 5.82 Å². The summed E-state index contributed by atoms with van der Waals surface area (Å²) in [6, 6.07) is 11.1. The van der Waals surface area contributed by atoms with E-state index in [1.54, 1.807) is 6.07 Å². The number of anilines is 1. The molecule has 2 aliphatic heterocycles. The minimum absolute atomic E-state index is 0.0721. The van der Waals surface area contributed by atoms with E-state index in [2.05, 4.69) is 15.6 Å². The highest BCUT2D eigenvalue weighted by Crippen LogP contribution is 2.45. The van der Waals surface area contributed by atoms with Crippen LogP contribution in [-0.2, 0) is 9.59 Å². The summed E-state index contributed by atoms with van der Waals surface area (Å²) in [6.07, 6.45) is 2.07. The first-order valence-corrected chi connectivity index (χ1v) is 10.4. The number of carbonyl (C=O) groups excluding carboxylic acids is 2. The SMILES string of the molecule is CC1=C(C(=O)Nc2cccc(C)n2)[C@H](c2ccc3c(c2)OCO3)C2=C(CCCC2=O)N1. The first-order chi connectivity index (χ1) is 15.0. The molecule has 31 heavy (non-hydrogen) atoms. The number of benzene rings is 1. The maximum Gasteiger partial charge on any atom is 0.255 e. The summed E-state index contributed by atoms with van der Waals surface area (Å²) in [7, 11) is 0. The number of fused-ring (bicyclic) bond motifs is 1. The van der Waals surface area contributed by atoms with Gasteiger partial charge in [0.05, 0.1) is 0 Å². The van der Waals surface area contributed by atoms with Crippen LogP contribution >= 0.6 is 0 Å². The molecule has 2 aromatic rings. The van der Waals surface area contributed by atoms with Crippen LogP contribution in [0, 0.1) is 6.92 Å². The summed E-state index contributed by atoms with van der Waals surface area (Å²) < 4.78 is 11.0. The van der Waals surface area contributed by atoms with E-state index in [1.165, 1.54) is 0 Å². The number of hydrogen-bond acceptors (Lipinski definition) is 6. The van der Waals surface area contributed by atoms with E-state index in [4.69, 9.17) is 9.47 Å². The molecule has 1 aliphatic carbocycles. The summed E-state index contributed by atoms with van der Waals surface area (Å²) in [4.78, 5) is 30.8. The van der Waals surface area contributed by atoms with Gasteiger partial charge in [-0.15, -0.1) is 0 Å². The molecule has 3 aliphatic rings. The second kappa shape index (κ2) is 7.58. The van der Waals surface area contributed by atoms with Gasteiger partial charge in [-0.25, -0.2) is 4.98 Å². The minimum Gasteiger partial charge on any atom is -0.454 e. The van der Waals surface area contributed by atoms with Crippen molar-refractivity contribution in [1.29, 1.82) is 0 Å². The average Bonchev–Trinajstić information content (AvgIpc) is 3.20. The molecule has 1 aromatic carbocycles. The number of Topliss-reactive ketones (excluding diaryl/α,β-unsaturated/α-hetero) is 1. The van der Waals surface area contributed by atoms with Crippen molar-refractivity contribution in [2.24, 2.45) is 0 Å². The number of allylic oxidation sites excluding steroid dienone is 3. The molecule has 1 amide bonds. The van der Waals surface area contributed by atoms with Crippen molar-refractivity contribution in [2.75, 3.05) is 12.1 Å². The first kappa shape index (κ1) is 19.4. The van der Waals surface area contributed by atoms with Gasteiger partial charge in [-0.3, -0.25) is 9.59 Å². The fourth-order valence-electron chi connectivity index (χ4n) is 4.51. The number of nitrogens with one attached hydrogen (secondary N) is 2. The van der Waals surface area contributed by atoms with Gasteiger partial charge < -0.3 is 20.1 Å². The smallest absolute Gasteiger partial charge is 0.255 e. The van der Waals surface area contributed by atoms with E-state index < -0.39 is 5.92 Å². The number of nitrogens with zero attached hydrogens (tertiary/aromatic N) is 1. The number of hydrogen-bond donors (Lipinski definition) is 2. The van der Waals surface area contributed by atoms with Crippen LogP contribution in [0.25, 0.3) is 0 Å². The summed E-state index contributed by atoms with van der Waals surface area (Å²) >= 11 is 0. The number of rotatable bonds is 3. The predicted octanol–water partition coefficient (Wildman–Crippen LogP) is 3.73. The van der Waals surface area contributed by atoms with E-state index in [1.807, 2.05) is 44.2 Å². The molecule has 2 N–H and O–H groups in total. The van der Waals surface area contributed by atoms with Crippen LogP contribution in [0.2, 0.25) is 0 Å². The molecule has 3 heterocycles. The number of pyridine rings is 1. The third kappa shape index (κ3) is 3.46. The molecule has 0 unspecified atom stereocenters. The van der Waals surface area contributed by atoms with Gasteiger partial charge in [-0.1, -0.05) is 12.1 Å². The van der Waals surface area contributed by atoms with Crippen molar-refractivity contribution < 1.29 is 19.1 Å². The Hall–Kier alpha value is -3.61. The predicted molar refractivity (Wildman–Crippen MR) is 115 cm³/mol. The molecular formula is C24H23N3O4. The molecule has 1 aromatic heterocycles. The van der Waals surface area contributed by atoms with Crippen LogP contribution in [0.3, 0.4) is 0 Å². The van der Waals surface area contributed by atoms with Gasteiger partial charge in [0.15, 0.2) is 17.3 Å². The number of dihydropyridines is 1. The number of amides is 1. The molecule has 1 atom stereocenters. The highest BCUT2D eigenvalue weighted by Gasteiger charge is 2.39. The maximum absolute atomic E-state index is 13.4. The molecule has 158 valence electrons. The molecule has 5 rings (SSSR count). The zero-order chi connectivity index (χ0) is 21.5. The van der Waals surface area contributed by atoms with Crippen molar-refractivity contribution in [3.8, 4) is 11.5 Å². The van der Waals surface area contributed by atoms with E-state index in [0.29, 0.717) is 34.9 Å². The molecule has 0 bridgehead atoms. The minimum atomic E-state index is -0.483. The maximum atomic E-state index is 13.4. The van der Waals surface area contributed by atoms with Gasteiger partial charge in [-0.2, -0.15) is 0 Å².